The van der Waals surface area contributed by atoms with Crippen LogP contribution in [0.5, 0.6) is 0 Å². The van der Waals surface area contributed by atoms with E-state index in [2.05, 4.69) is 20.8 Å². The number of nitrogens with zero attached hydrogens (tertiary/aromatic N) is 1. The van der Waals surface area contributed by atoms with E-state index in [-0.39, 0.29) is 6.04 Å². The van der Waals surface area contributed by atoms with E-state index >= 15 is 0 Å². The first kappa shape index (κ1) is 14.8. The van der Waals surface area contributed by atoms with Gasteiger partial charge in [-0.05, 0) is 42.7 Å². The topological polar surface area (TPSA) is 52.0 Å². The molecule has 2 heterocycles. The minimum atomic E-state index is -0.0917. The fourth-order valence-corrected chi connectivity index (χ4v) is 4.30. The van der Waals surface area contributed by atoms with Crippen LogP contribution in [-0.4, -0.2) is 4.98 Å². The Bertz CT molecular complexity index is 595. The van der Waals surface area contributed by atoms with E-state index in [1.165, 1.54) is 23.4 Å². The van der Waals surface area contributed by atoms with Crippen molar-refractivity contribution in [3.05, 3.63) is 39.7 Å². The Morgan fingerprint density at radius 3 is 2.95 bits per heavy atom. The molecule has 1 aliphatic carbocycles. The van der Waals surface area contributed by atoms with Crippen LogP contribution in [0.25, 0.3) is 0 Å². The van der Waals surface area contributed by atoms with Crippen LogP contribution < -0.4 is 5.73 Å². The Hall–Kier alpha value is -1.13. The summed E-state index contributed by atoms with van der Waals surface area (Å²) in [7, 11) is 0. The van der Waals surface area contributed by atoms with Crippen molar-refractivity contribution in [2.45, 2.75) is 52.5 Å². The zero-order chi connectivity index (χ0) is 15.0. The molecule has 0 aromatic carbocycles. The maximum absolute atomic E-state index is 6.20. The van der Waals surface area contributed by atoms with Gasteiger partial charge in [0.1, 0.15) is 5.76 Å². The second-order valence-corrected chi connectivity index (χ2v) is 8.28. The molecular weight excluding hydrogens is 280 g/mol. The SMILES string of the molecule is CC(C)(C)C1CCc2nc(CC(N)c3ccco3)sc2C1. The molecule has 2 aromatic heterocycles. The van der Waals surface area contributed by atoms with Gasteiger partial charge in [0.2, 0.25) is 0 Å². The summed E-state index contributed by atoms with van der Waals surface area (Å²) < 4.78 is 5.38. The Kier molecular flexibility index (Phi) is 3.93. The van der Waals surface area contributed by atoms with Crippen molar-refractivity contribution < 1.29 is 4.42 Å². The first-order chi connectivity index (χ1) is 9.93. The van der Waals surface area contributed by atoms with Gasteiger partial charge in [0.25, 0.3) is 0 Å². The van der Waals surface area contributed by atoms with Crippen LogP contribution in [0.3, 0.4) is 0 Å². The fraction of sp³-hybridized carbons (Fsp3) is 0.588. The summed E-state index contributed by atoms with van der Waals surface area (Å²) in [5, 5.41) is 1.15. The third kappa shape index (κ3) is 3.22. The summed E-state index contributed by atoms with van der Waals surface area (Å²) >= 11 is 1.85. The molecular formula is C17H24N2OS. The third-order valence-electron chi connectivity index (χ3n) is 4.51. The molecule has 2 atom stereocenters. The Labute approximate surface area is 130 Å². The van der Waals surface area contributed by atoms with Crippen LogP contribution in [0.4, 0.5) is 0 Å². The van der Waals surface area contributed by atoms with Gasteiger partial charge in [-0.2, -0.15) is 0 Å². The lowest BCUT2D eigenvalue weighted by Gasteiger charge is -2.33. The maximum atomic E-state index is 6.20. The zero-order valence-electron chi connectivity index (χ0n) is 13.1. The number of nitrogens with two attached hydrogens (primary N) is 1. The van der Waals surface area contributed by atoms with Crippen molar-refractivity contribution in [1.29, 1.82) is 0 Å². The lowest BCUT2D eigenvalue weighted by molar-refractivity contribution is 0.217. The zero-order valence-corrected chi connectivity index (χ0v) is 13.9. The van der Waals surface area contributed by atoms with Crippen molar-refractivity contribution in [3.63, 3.8) is 0 Å². The number of rotatable bonds is 3. The summed E-state index contributed by atoms with van der Waals surface area (Å²) in [5.41, 5.74) is 7.89. The number of hydrogen-bond donors (Lipinski definition) is 1. The number of aromatic nitrogens is 1. The molecule has 0 aliphatic heterocycles. The molecule has 4 heteroatoms. The maximum Gasteiger partial charge on any atom is 0.120 e. The highest BCUT2D eigenvalue weighted by Crippen LogP contribution is 2.39. The van der Waals surface area contributed by atoms with Crippen LogP contribution in [-0.2, 0) is 19.3 Å². The minimum Gasteiger partial charge on any atom is -0.468 e. The Balaban J connectivity index is 1.72. The van der Waals surface area contributed by atoms with Crippen LogP contribution in [0.15, 0.2) is 22.8 Å². The van der Waals surface area contributed by atoms with Crippen molar-refractivity contribution in [2.75, 3.05) is 0 Å². The number of thiazole rings is 1. The Morgan fingerprint density at radius 2 is 2.29 bits per heavy atom. The molecule has 2 N–H and O–H groups in total. The van der Waals surface area contributed by atoms with Crippen LogP contribution >= 0.6 is 11.3 Å². The predicted octanol–water partition coefficient (Wildman–Crippen LogP) is 4.13. The molecule has 0 amide bonds. The van der Waals surface area contributed by atoms with Gasteiger partial charge < -0.3 is 10.2 Å². The highest BCUT2D eigenvalue weighted by atomic mass is 32.1. The summed E-state index contributed by atoms with van der Waals surface area (Å²) in [6, 6.07) is 3.73. The highest BCUT2D eigenvalue weighted by Gasteiger charge is 2.30. The minimum absolute atomic E-state index is 0.0917. The lowest BCUT2D eigenvalue weighted by atomic mass is 9.73. The van der Waals surface area contributed by atoms with Gasteiger partial charge in [-0.3, -0.25) is 0 Å². The largest absolute Gasteiger partial charge is 0.468 e. The molecule has 21 heavy (non-hydrogen) atoms. The number of furan rings is 1. The standard InChI is InChI=1S/C17H24N2OS/c1-17(2,3)11-6-7-13-15(9-11)21-16(19-13)10-12(18)14-5-4-8-20-14/h4-5,8,11-12H,6-7,9-10,18H2,1-3H3. The molecule has 0 spiro atoms. The van der Waals surface area contributed by atoms with Gasteiger partial charge in [0.15, 0.2) is 0 Å². The molecule has 0 radical (unpaired) electrons. The molecule has 0 saturated carbocycles. The Morgan fingerprint density at radius 1 is 1.48 bits per heavy atom. The van der Waals surface area contributed by atoms with Crippen molar-refractivity contribution in [3.8, 4) is 0 Å². The summed E-state index contributed by atoms with van der Waals surface area (Å²) in [6.07, 6.45) is 5.99. The number of fused-ring (bicyclic) bond motifs is 1. The summed E-state index contributed by atoms with van der Waals surface area (Å²) in [5.74, 6) is 1.60. The van der Waals surface area contributed by atoms with Gasteiger partial charge in [0, 0.05) is 11.3 Å². The average Bonchev–Trinajstić information content (AvgIpc) is 3.05. The van der Waals surface area contributed by atoms with Crippen LogP contribution in [0.1, 0.15) is 54.6 Å². The molecule has 3 nitrogen and oxygen atoms in total. The van der Waals surface area contributed by atoms with E-state index < -0.39 is 0 Å². The first-order valence-electron chi connectivity index (χ1n) is 7.70. The van der Waals surface area contributed by atoms with Crippen LogP contribution in [0.2, 0.25) is 0 Å². The van der Waals surface area contributed by atoms with Gasteiger partial charge in [-0.15, -0.1) is 11.3 Å². The average molecular weight is 304 g/mol. The normalized spacial score (nSPS) is 20.3. The monoisotopic (exact) mass is 304 g/mol. The van der Waals surface area contributed by atoms with E-state index in [0.29, 0.717) is 5.41 Å². The fourth-order valence-electron chi connectivity index (χ4n) is 3.05. The van der Waals surface area contributed by atoms with E-state index in [9.17, 15) is 0 Å². The van der Waals surface area contributed by atoms with Gasteiger partial charge >= 0.3 is 0 Å². The lowest BCUT2D eigenvalue weighted by Crippen LogP contribution is -2.26. The molecule has 2 aromatic rings. The van der Waals surface area contributed by atoms with E-state index in [1.54, 1.807) is 6.26 Å². The quantitative estimate of drug-likeness (QED) is 0.927. The molecule has 0 bridgehead atoms. The molecule has 2 unspecified atom stereocenters. The third-order valence-corrected chi connectivity index (χ3v) is 5.65. The molecule has 0 fully saturated rings. The second kappa shape index (κ2) is 5.58. The number of aryl methyl sites for hydroxylation is 1. The molecule has 0 saturated heterocycles. The van der Waals surface area contributed by atoms with Crippen molar-refractivity contribution in [1.82, 2.24) is 4.98 Å². The van der Waals surface area contributed by atoms with E-state index in [4.69, 9.17) is 15.1 Å². The predicted molar refractivity (Wildman–Crippen MR) is 86.4 cm³/mol. The van der Waals surface area contributed by atoms with Crippen molar-refractivity contribution in [2.24, 2.45) is 17.1 Å². The van der Waals surface area contributed by atoms with Gasteiger partial charge in [-0.25, -0.2) is 4.98 Å². The number of hydrogen-bond acceptors (Lipinski definition) is 4. The molecule has 3 rings (SSSR count). The second-order valence-electron chi connectivity index (χ2n) is 7.11. The van der Waals surface area contributed by atoms with E-state index in [1.807, 2.05) is 23.5 Å². The molecule has 114 valence electrons. The molecule has 1 aliphatic rings. The van der Waals surface area contributed by atoms with Crippen molar-refractivity contribution >= 4 is 11.3 Å². The smallest absolute Gasteiger partial charge is 0.120 e. The summed E-state index contributed by atoms with van der Waals surface area (Å²) in [6.45, 7) is 7.03. The van der Waals surface area contributed by atoms with Crippen LogP contribution in [0, 0.1) is 11.3 Å². The highest BCUT2D eigenvalue weighted by molar-refractivity contribution is 7.11. The van der Waals surface area contributed by atoms with E-state index in [0.717, 1.165) is 29.5 Å². The summed E-state index contributed by atoms with van der Waals surface area (Å²) in [4.78, 5) is 6.29. The first-order valence-corrected chi connectivity index (χ1v) is 8.51. The van der Waals surface area contributed by atoms with Gasteiger partial charge in [-0.1, -0.05) is 20.8 Å². The van der Waals surface area contributed by atoms with Gasteiger partial charge in [0.05, 0.1) is 23.0 Å².